The second-order valence-corrected chi connectivity index (χ2v) is 10.2. The molecular weight excluding hydrogens is 420 g/mol. The highest BCUT2D eigenvalue weighted by Crippen LogP contribution is 2.21. The molecule has 0 bridgehead atoms. The minimum Gasteiger partial charge on any atom is -0.494 e. The molecule has 190 valence electrons. The Morgan fingerprint density at radius 1 is 0.647 bits per heavy atom. The van der Waals surface area contributed by atoms with Gasteiger partial charge in [0, 0.05) is 5.56 Å². The van der Waals surface area contributed by atoms with E-state index in [9.17, 15) is 0 Å². The second-order valence-electron chi connectivity index (χ2n) is 10.2. The molecule has 34 heavy (non-hydrogen) atoms. The molecule has 0 fully saturated rings. The Labute approximate surface area is 208 Å². The minimum atomic E-state index is 0.690. The first-order valence-corrected chi connectivity index (χ1v) is 13.8. The SMILES string of the molecule is CCCCCCCCCCOc1ccc(-c2ncc(OCC[C@@H](C)CCCC(C)C)cn2)cc1. The molecule has 1 aromatic carbocycles. The van der Waals surface area contributed by atoms with Crippen LogP contribution in [0.3, 0.4) is 0 Å². The van der Waals surface area contributed by atoms with Crippen LogP contribution in [0.2, 0.25) is 0 Å². The van der Waals surface area contributed by atoms with Crippen molar-refractivity contribution in [2.45, 2.75) is 105 Å². The van der Waals surface area contributed by atoms with Crippen LogP contribution in [-0.2, 0) is 0 Å². The summed E-state index contributed by atoms with van der Waals surface area (Å²) in [4.78, 5) is 8.98. The van der Waals surface area contributed by atoms with Crippen LogP contribution in [0.4, 0.5) is 0 Å². The monoisotopic (exact) mass is 468 g/mol. The summed E-state index contributed by atoms with van der Waals surface area (Å²) in [7, 11) is 0. The molecule has 0 aliphatic rings. The Morgan fingerprint density at radius 2 is 1.26 bits per heavy atom. The van der Waals surface area contributed by atoms with Crippen LogP contribution >= 0.6 is 0 Å². The third kappa shape index (κ3) is 12.4. The molecule has 1 aromatic heterocycles. The predicted octanol–water partition coefficient (Wildman–Crippen LogP) is 8.89. The van der Waals surface area contributed by atoms with Gasteiger partial charge in [-0.1, -0.05) is 91.9 Å². The van der Waals surface area contributed by atoms with Gasteiger partial charge in [-0.15, -0.1) is 0 Å². The molecule has 0 saturated carbocycles. The van der Waals surface area contributed by atoms with E-state index in [1.54, 1.807) is 12.4 Å². The molecule has 0 radical (unpaired) electrons. The molecule has 1 heterocycles. The van der Waals surface area contributed by atoms with E-state index in [0.717, 1.165) is 49.0 Å². The van der Waals surface area contributed by atoms with Crippen molar-refractivity contribution in [3.63, 3.8) is 0 Å². The Balaban J connectivity index is 1.63. The maximum absolute atomic E-state index is 5.90. The van der Waals surface area contributed by atoms with Crippen LogP contribution in [0.25, 0.3) is 11.4 Å². The predicted molar refractivity (Wildman–Crippen MR) is 144 cm³/mol. The lowest BCUT2D eigenvalue weighted by Gasteiger charge is -2.13. The van der Waals surface area contributed by atoms with E-state index in [-0.39, 0.29) is 0 Å². The number of aromatic nitrogens is 2. The first-order chi connectivity index (χ1) is 16.6. The van der Waals surface area contributed by atoms with Gasteiger partial charge in [0.25, 0.3) is 0 Å². The summed E-state index contributed by atoms with van der Waals surface area (Å²) in [5.41, 5.74) is 0.991. The van der Waals surface area contributed by atoms with Crippen LogP contribution in [0.15, 0.2) is 36.7 Å². The van der Waals surface area contributed by atoms with Crippen LogP contribution in [0, 0.1) is 11.8 Å². The van der Waals surface area contributed by atoms with Crippen molar-refractivity contribution in [2.24, 2.45) is 11.8 Å². The average molecular weight is 469 g/mol. The molecular formula is C30H48N2O2. The van der Waals surface area contributed by atoms with Gasteiger partial charge in [-0.2, -0.15) is 0 Å². The summed E-state index contributed by atoms with van der Waals surface area (Å²) in [6.45, 7) is 10.7. The van der Waals surface area contributed by atoms with Crippen LogP contribution in [-0.4, -0.2) is 23.2 Å². The van der Waals surface area contributed by atoms with Gasteiger partial charge in [-0.05, 0) is 48.9 Å². The molecule has 1 atom stereocenters. The molecule has 4 nitrogen and oxygen atoms in total. The Morgan fingerprint density at radius 3 is 1.91 bits per heavy atom. The molecule has 2 aromatic rings. The van der Waals surface area contributed by atoms with Crippen molar-refractivity contribution in [2.75, 3.05) is 13.2 Å². The number of hydrogen-bond acceptors (Lipinski definition) is 4. The van der Waals surface area contributed by atoms with Gasteiger partial charge in [0.1, 0.15) is 5.75 Å². The third-order valence-electron chi connectivity index (χ3n) is 6.37. The molecule has 0 aliphatic carbocycles. The summed E-state index contributed by atoms with van der Waals surface area (Å²) < 4.78 is 11.8. The zero-order chi connectivity index (χ0) is 24.4. The average Bonchev–Trinajstić information content (AvgIpc) is 2.84. The van der Waals surface area contributed by atoms with Crippen molar-refractivity contribution >= 4 is 0 Å². The molecule has 4 heteroatoms. The van der Waals surface area contributed by atoms with E-state index in [2.05, 4.69) is 37.7 Å². The lowest BCUT2D eigenvalue weighted by atomic mass is 9.98. The van der Waals surface area contributed by atoms with Gasteiger partial charge in [0.2, 0.25) is 0 Å². The summed E-state index contributed by atoms with van der Waals surface area (Å²) in [6.07, 6.45) is 19.0. The second kappa shape index (κ2) is 17.4. The number of hydrogen-bond donors (Lipinski definition) is 0. The highest BCUT2D eigenvalue weighted by molar-refractivity contribution is 5.56. The molecule has 0 saturated heterocycles. The lowest BCUT2D eigenvalue weighted by molar-refractivity contribution is 0.274. The van der Waals surface area contributed by atoms with Crippen LogP contribution < -0.4 is 9.47 Å². The Hall–Kier alpha value is -2.10. The fourth-order valence-corrected chi connectivity index (χ4v) is 4.06. The highest BCUT2D eigenvalue weighted by atomic mass is 16.5. The third-order valence-corrected chi connectivity index (χ3v) is 6.37. The first-order valence-electron chi connectivity index (χ1n) is 13.8. The number of rotatable bonds is 19. The number of ether oxygens (including phenoxy) is 2. The fourth-order valence-electron chi connectivity index (χ4n) is 4.06. The Bertz CT molecular complexity index is 743. The van der Waals surface area contributed by atoms with Crippen molar-refractivity contribution in [1.82, 2.24) is 9.97 Å². The van der Waals surface area contributed by atoms with Crippen molar-refractivity contribution < 1.29 is 9.47 Å². The normalized spacial score (nSPS) is 12.1. The van der Waals surface area contributed by atoms with E-state index in [4.69, 9.17) is 9.47 Å². The van der Waals surface area contributed by atoms with E-state index >= 15 is 0 Å². The summed E-state index contributed by atoms with van der Waals surface area (Å²) in [5.74, 6) is 3.85. The summed E-state index contributed by atoms with van der Waals surface area (Å²) in [5, 5.41) is 0. The minimum absolute atomic E-state index is 0.690. The zero-order valence-electron chi connectivity index (χ0n) is 22.2. The quantitative estimate of drug-likeness (QED) is 0.193. The maximum atomic E-state index is 5.90. The zero-order valence-corrected chi connectivity index (χ0v) is 22.2. The number of nitrogens with zero attached hydrogens (tertiary/aromatic N) is 2. The van der Waals surface area contributed by atoms with Crippen molar-refractivity contribution in [1.29, 1.82) is 0 Å². The highest BCUT2D eigenvalue weighted by Gasteiger charge is 2.06. The number of unbranched alkanes of at least 4 members (excludes halogenated alkanes) is 7. The number of benzene rings is 1. The molecule has 0 N–H and O–H groups in total. The van der Waals surface area contributed by atoms with Gasteiger partial charge in [0.05, 0.1) is 25.6 Å². The van der Waals surface area contributed by atoms with Gasteiger partial charge >= 0.3 is 0 Å². The largest absolute Gasteiger partial charge is 0.494 e. The standard InChI is InChI=1S/C30H48N2O2/c1-5-6-7-8-9-10-11-12-21-33-28-18-16-27(17-19-28)30-31-23-29(24-32-30)34-22-20-26(4)15-13-14-25(2)3/h16-19,23-26H,5-15,20-22H2,1-4H3/t26-/m0/s1. The van der Waals surface area contributed by atoms with Gasteiger partial charge < -0.3 is 9.47 Å². The molecule has 0 amide bonds. The van der Waals surface area contributed by atoms with E-state index in [1.165, 1.54) is 64.2 Å². The van der Waals surface area contributed by atoms with E-state index in [1.807, 2.05) is 24.3 Å². The van der Waals surface area contributed by atoms with E-state index < -0.39 is 0 Å². The molecule has 0 spiro atoms. The van der Waals surface area contributed by atoms with Gasteiger partial charge in [-0.3, -0.25) is 0 Å². The van der Waals surface area contributed by atoms with Crippen LogP contribution in [0.1, 0.15) is 105 Å². The van der Waals surface area contributed by atoms with Crippen LogP contribution in [0.5, 0.6) is 11.5 Å². The maximum Gasteiger partial charge on any atom is 0.159 e. The molecule has 2 rings (SSSR count). The topological polar surface area (TPSA) is 44.2 Å². The first kappa shape index (κ1) is 28.1. The van der Waals surface area contributed by atoms with Gasteiger partial charge in [-0.25, -0.2) is 9.97 Å². The van der Waals surface area contributed by atoms with Gasteiger partial charge in [0.15, 0.2) is 11.6 Å². The Kier molecular flexibility index (Phi) is 14.4. The smallest absolute Gasteiger partial charge is 0.159 e. The summed E-state index contributed by atoms with van der Waals surface area (Å²) in [6, 6.07) is 8.07. The summed E-state index contributed by atoms with van der Waals surface area (Å²) >= 11 is 0. The molecule has 0 unspecified atom stereocenters. The van der Waals surface area contributed by atoms with Crippen molar-refractivity contribution in [3.05, 3.63) is 36.7 Å². The fraction of sp³-hybridized carbons (Fsp3) is 0.667. The van der Waals surface area contributed by atoms with E-state index in [0.29, 0.717) is 11.7 Å². The lowest BCUT2D eigenvalue weighted by Crippen LogP contribution is -2.05. The molecule has 0 aliphatic heterocycles. The van der Waals surface area contributed by atoms with Crippen molar-refractivity contribution in [3.8, 4) is 22.9 Å².